The zero-order valence-corrected chi connectivity index (χ0v) is 10.7. The molecule has 98 valence electrons. The Balaban J connectivity index is 1.89. The van der Waals surface area contributed by atoms with Crippen molar-refractivity contribution in [1.82, 2.24) is 0 Å². The van der Waals surface area contributed by atoms with E-state index in [9.17, 15) is 9.90 Å². The van der Waals surface area contributed by atoms with Crippen LogP contribution in [-0.4, -0.2) is 11.2 Å². The first-order valence-corrected chi connectivity index (χ1v) is 5.99. The quantitative estimate of drug-likeness (QED) is 0.897. The minimum atomic E-state index is -0.592. The standard InChI is InChI=1S/C14H12ClNO3/c15-12-7-6-11(8-13(12)17)16-14(18)19-9-10-4-2-1-3-5-10/h1-8,17H,9H2,(H,16,18). The molecule has 0 unspecified atom stereocenters. The molecule has 0 fully saturated rings. The van der Waals surface area contributed by atoms with Gasteiger partial charge in [-0.25, -0.2) is 4.79 Å². The number of hydrogen-bond donors (Lipinski definition) is 2. The molecule has 0 atom stereocenters. The topological polar surface area (TPSA) is 58.6 Å². The van der Waals surface area contributed by atoms with Crippen molar-refractivity contribution in [2.45, 2.75) is 6.61 Å². The van der Waals surface area contributed by atoms with E-state index in [1.807, 2.05) is 30.3 Å². The van der Waals surface area contributed by atoms with E-state index in [0.29, 0.717) is 5.69 Å². The van der Waals surface area contributed by atoms with E-state index in [0.717, 1.165) is 5.56 Å². The molecule has 0 saturated carbocycles. The number of carbonyl (C=O) groups is 1. The van der Waals surface area contributed by atoms with Crippen molar-refractivity contribution in [3.63, 3.8) is 0 Å². The van der Waals surface area contributed by atoms with Gasteiger partial charge in [-0.1, -0.05) is 41.9 Å². The summed E-state index contributed by atoms with van der Waals surface area (Å²) in [6, 6.07) is 13.8. The van der Waals surface area contributed by atoms with Crippen LogP contribution in [0.15, 0.2) is 48.5 Å². The Labute approximate surface area is 115 Å². The number of aromatic hydroxyl groups is 1. The van der Waals surface area contributed by atoms with Crippen molar-refractivity contribution in [1.29, 1.82) is 0 Å². The van der Waals surface area contributed by atoms with Crippen LogP contribution in [0.1, 0.15) is 5.56 Å². The molecular formula is C14H12ClNO3. The van der Waals surface area contributed by atoms with Crippen LogP contribution >= 0.6 is 11.6 Å². The number of carbonyl (C=O) groups excluding carboxylic acids is 1. The van der Waals surface area contributed by atoms with Crippen LogP contribution in [0.3, 0.4) is 0 Å². The minimum Gasteiger partial charge on any atom is -0.506 e. The summed E-state index contributed by atoms with van der Waals surface area (Å²) in [5.41, 5.74) is 1.32. The molecule has 0 aliphatic carbocycles. The summed E-state index contributed by atoms with van der Waals surface area (Å²) in [6.45, 7) is 0.187. The lowest BCUT2D eigenvalue weighted by Crippen LogP contribution is -2.13. The predicted octanol–water partition coefficient (Wildman–Crippen LogP) is 3.79. The van der Waals surface area contributed by atoms with Crippen LogP contribution in [0.4, 0.5) is 10.5 Å². The molecule has 0 heterocycles. The second-order valence-electron chi connectivity index (χ2n) is 3.85. The summed E-state index contributed by atoms with van der Waals surface area (Å²) in [4.78, 5) is 11.5. The zero-order chi connectivity index (χ0) is 13.7. The lowest BCUT2D eigenvalue weighted by Gasteiger charge is -2.07. The van der Waals surface area contributed by atoms with Crippen LogP contribution < -0.4 is 5.32 Å². The number of rotatable bonds is 3. The predicted molar refractivity (Wildman–Crippen MR) is 73.4 cm³/mol. The van der Waals surface area contributed by atoms with Gasteiger partial charge in [0.1, 0.15) is 12.4 Å². The van der Waals surface area contributed by atoms with Gasteiger partial charge in [0, 0.05) is 11.8 Å². The second kappa shape index (κ2) is 6.11. The van der Waals surface area contributed by atoms with Crippen LogP contribution in [0.2, 0.25) is 5.02 Å². The molecule has 4 nitrogen and oxygen atoms in total. The fraction of sp³-hybridized carbons (Fsp3) is 0.0714. The molecule has 2 rings (SSSR count). The molecule has 0 bridgehead atoms. The first kappa shape index (κ1) is 13.2. The fourth-order valence-electron chi connectivity index (χ4n) is 1.47. The molecule has 0 aromatic heterocycles. The molecule has 0 aliphatic heterocycles. The summed E-state index contributed by atoms with van der Waals surface area (Å²) >= 11 is 5.66. The molecule has 0 radical (unpaired) electrons. The molecule has 0 spiro atoms. The third-order valence-corrected chi connectivity index (χ3v) is 2.72. The van der Waals surface area contributed by atoms with Gasteiger partial charge < -0.3 is 9.84 Å². The Hall–Kier alpha value is -2.20. The molecule has 2 aromatic carbocycles. The van der Waals surface area contributed by atoms with Crippen LogP contribution in [0.5, 0.6) is 5.75 Å². The summed E-state index contributed by atoms with van der Waals surface area (Å²) in [7, 11) is 0. The zero-order valence-electron chi connectivity index (χ0n) is 9.97. The van der Waals surface area contributed by atoms with Gasteiger partial charge in [0.25, 0.3) is 0 Å². The Morgan fingerprint density at radius 2 is 1.95 bits per heavy atom. The summed E-state index contributed by atoms with van der Waals surface area (Å²) in [5, 5.41) is 12.1. The van der Waals surface area contributed by atoms with Gasteiger partial charge in [-0.2, -0.15) is 0 Å². The Morgan fingerprint density at radius 1 is 1.21 bits per heavy atom. The number of amides is 1. The van der Waals surface area contributed by atoms with Gasteiger partial charge in [0.2, 0.25) is 0 Å². The Morgan fingerprint density at radius 3 is 2.63 bits per heavy atom. The molecule has 0 saturated heterocycles. The highest BCUT2D eigenvalue weighted by Crippen LogP contribution is 2.26. The smallest absolute Gasteiger partial charge is 0.411 e. The third kappa shape index (κ3) is 3.89. The Kier molecular flexibility index (Phi) is 4.26. The van der Waals surface area contributed by atoms with Crippen molar-refractivity contribution in [2.75, 3.05) is 5.32 Å². The number of nitrogens with one attached hydrogen (secondary N) is 1. The van der Waals surface area contributed by atoms with Gasteiger partial charge >= 0.3 is 6.09 Å². The monoisotopic (exact) mass is 277 g/mol. The number of benzene rings is 2. The first-order valence-electron chi connectivity index (χ1n) is 5.61. The molecular weight excluding hydrogens is 266 g/mol. The first-order chi connectivity index (χ1) is 9.15. The maximum atomic E-state index is 11.5. The average molecular weight is 278 g/mol. The maximum Gasteiger partial charge on any atom is 0.411 e. The molecule has 1 amide bonds. The lowest BCUT2D eigenvalue weighted by molar-refractivity contribution is 0.155. The molecule has 2 N–H and O–H groups in total. The van der Waals surface area contributed by atoms with E-state index in [1.165, 1.54) is 12.1 Å². The van der Waals surface area contributed by atoms with E-state index < -0.39 is 6.09 Å². The van der Waals surface area contributed by atoms with Crippen molar-refractivity contribution in [3.8, 4) is 5.75 Å². The van der Waals surface area contributed by atoms with Crippen LogP contribution in [-0.2, 0) is 11.3 Å². The Bertz CT molecular complexity index is 572. The number of halogens is 1. The number of hydrogen-bond acceptors (Lipinski definition) is 3. The van der Waals surface area contributed by atoms with Gasteiger partial charge in [0.15, 0.2) is 0 Å². The van der Waals surface area contributed by atoms with E-state index in [4.69, 9.17) is 16.3 Å². The summed E-state index contributed by atoms with van der Waals surface area (Å²) < 4.78 is 5.04. The molecule has 2 aromatic rings. The van der Waals surface area contributed by atoms with Crippen molar-refractivity contribution in [3.05, 3.63) is 59.1 Å². The maximum absolute atomic E-state index is 11.5. The highest BCUT2D eigenvalue weighted by atomic mass is 35.5. The second-order valence-corrected chi connectivity index (χ2v) is 4.26. The van der Waals surface area contributed by atoms with Gasteiger partial charge in [0.05, 0.1) is 5.02 Å². The molecule has 19 heavy (non-hydrogen) atoms. The van der Waals surface area contributed by atoms with E-state index in [-0.39, 0.29) is 17.4 Å². The van der Waals surface area contributed by atoms with Gasteiger partial charge in [-0.3, -0.25) is 5.32 Å². The highest BCUT2D eigenvalue weighted by Gasteiger charge is 2.05. The van der Waals surface area contributed by atoms with Crippen LogP contribution in [0.25, 0.3) is 0 Å². The highest BCUT2D eigenvalue weighted by molar-refractivity contribution is 6.32. The average Bonchev–Trinajstić information content (AvgIpc) is 2.42. The van der Waals surface area contributed by atoms with E-state index >= 15 is 0 Å². The summed E-state index contributed by atoms with van der Waals surface area (Å²) in [6.07, 6.45) is -0.592. The number of anilines is 1. The number of ether oxygens (including phenoxy) is 1. The third-order valence-electron chi connectivity index (χ3n) is 2.41. The van der Waals surface area contributed by atoms with E-state index in [2.05, 4.69) is 5.32 Å². The largest absolute Gasteiger partial charge is 0.506 e. The van der Waals surface area contributed by atoms with Crippen molar-refractivity contribution >= 4 is 23.4 Å². The number of phenols is 1. The van der Waals surface area contributed by atoms with Gasteiger partial charge in [-0.05, 0) is 17.7 Å². The molecule has 0 aliphatic rings. The minimum absolute atomic E-state index is 0.0949. The lowest BCUT2D eigenvalue weighted by atomic mass is 10.2. The number of phenolic OH excluding ortho intramolecular Hbond substituents is 1. The fourth-order valence-corrected chi connectivity index (χ4v) is 1.59. The molecule has 5 heteroatoms. The van der Waals surface area contributed by atoms with E-state index in [1.54, 1.807) is 6.07 Å². The van der Waals surface area contributed by atoms with Crippen LogP contribution in [0, 0.1) is 0 Å². The van der Waals surface area contributed by atoms with Crippen molar-refractivity contribution < 1.29 is 14.6 Å². The summed E-state index contributed by atoms with van der Waals surface area (Å²) in [5.74, 6) is -0.0949. The van der Waals surface area contributed by atoms with Crippen molar-refractivity contribution in [2.24, 2.45) is 0 Å². The normalized spacial score (nSPS) is 9.95. The SMILES string of the molecule is O=C(Nc1ccc(Cl)c(O)c1)OCc1ccccc1. The van der Waals surface area contributed by atoms with Gasteiger partial charge in [-0.15, -0.1) is 0 Å².